The van der Waals surface area contributed by atoms with Gasteiger partial charge in [0.2, 0.25) is 0 Å². The largest absolute Gasteiger partial charge is 0.395 e. The minimum absolute atomic E-state index is 0.0843. The Morgan fingerprint density at radius 1 is 1.47 bits per heavy atom. The number of aromatic nitrogens is 2. The third-order valence-electron chi connectivity index (χ3n) is 2.97. The fourth-order valence-corrected chi connectivity index (χ4v) is 1.98. The first-order valence-corrected chi connectivity index (χ1v) is 4.97. The van der Waals surface area contributed by atoms with Crippen molar-refractivity contribution >= 4 is 5.52 Å². The van der Waals surface area contributed by atoms with Crippen LogP contribution in [0.3, 0.4) is 0 Å². The molecule has 0 unspecified atom stereocenters. The summed E-state index contributed by atoms with van der Waals surface area (Å²) in [7, 11) is 0. The lowest BCUT2D eigenvalue weighted by atomic mass is 9.86. The molecule has 0 saturated carbocycles. The lowest BCUT2D eigenvalue weighted by Gasteiger charge is -2.38. The van der Waals surface area contributed by atoms with Crippen molar-refractivity contribution in [1.82, 2.24) is 9.38 Å². The number of aliphatic hydroxyl groups is 1. The molecule has 2 aromatic rings. The summed E-state index contributed by atoms with van der Waals surface area (Å²) in [6, 6.07) is 5.94. The Morgan fingerprint density at radius 3 is 3.00 bits per heavy atom. The average Bonchev–Trinajstić information content (AvgIpc) is 2.62. The monoisotopic (exact) mass is 204 g/mol. The van der Waals surface area contributed by atoms with E-state index in [1.54, 1.807) is 0 Å². The van der Waals surface area contributed by atoms with Gasteiger partial charge in [-0.3, -0.25) is 0 Å². The Morgan fingerprint density at radius 2 is 2.33 bits per heavy atom. The SMILES string of the molecule is OCC1(c2ncc3ccccn23)COC1. The molecule has 1 aliphatic heterocycles. The summed E-state index contributed by atoms with van der Waals surface area (Å²) >= 11 is 0. The minimum Gasteiger partial charge on any atom is -0.395 e. The standard InChI is InChI=1S/C11H12N2O2/c14-6-11(7-15-8-11)10-12-5-9-3-1-2-4-13(9)10/h1-5,14H,6-8H2. The zero-order valence-corrected chi connectivity index (χ0v) is 8.26. The molecule has 1 fully saturated rings. The van der Waals surface area contributed by atoms with Gasteiger partial charge in [-0.05, 0) is 12.1 Å². The molecule has 4 heteroatoms. The van der Waals surface area contributed by atoms with Gasteiger partial charge >= 0.3 is 0 Å². The van der Waals surface area contributed by atoms with Gasteiger partial charge in [0, 0.05) is 6.20 Å². The Labute approximate surface area is 87.1 Å². The number of aliphatic hydroxyl groups excluding tert-OH is 1. The number of nitrogens with zero attached hydrogens (tertiary/aromatic N) is 2. The molecule has 78 valence electrons. The molecule has 15 heavy (non-hydrogen) atoms. The van der Waals surface area contributed by atoms with Gasteiger partial charge in [-0.25, -0.2) is 4.98 Å². The highest BCUT2D eigenvalue weighted by atomic mass is 16.5. The number of fused-ring (bicyclic) bond motifs is 1. The molecule has 1 saturated heterocycles. The Kier molecular flexibility index (Phi) is 1.81. The predicted octanol–water partition coefficient (Wildman–Crippen LogP) is 0.595. The average molecular weight is 204 g/mol. The van der Waals surface area contributed by atoms with Crippen molar-refractivity contribution < 1.29 is 9.84 Å². The van der Waals surface area contributed by atoms with Crippen LogP contribution in [0.2, 0.25) is 0 Å². The molecule has 4 nitrogen and oxygen atoms in total. The summed E-state index contributed by atoms with van der Waals surface area (Å²) in [5, 5.41) is 9.43. The maximum Gasteiger partial charge on any atom is 0.126 e. The van der Waals surface area contributed by atoms with Gasteiger partial charge in [-0.2, -0.15) is 0 Å². The van der Waals surface area contributed by atoms with E-state index >= 15 is 0 Å². The molecule has 1 N–H and O–H groups in total. The molecule has 0 bridgehead atoms. The van der Waals surface area contributed by atoms with E-state index in [-0.39, 0.29) is 12.0 Å². The van der Waals surface area contributed by atoms with E-state index < -0.39 is 0 Å². The van der Waals surface area contributed by atoms with Crippen LogP contribution in [0.4, 0.5) is 0 Å². The van der Waals surface area contributed by atoms with E-state index in [4.69, 9.17) is 4.74 Å². The first kappa shape index (κ1) is 8.88. The molecule has 3 heterocycles. The lowest BCUT2D eigenvalue weighted by Crippen LogP contribution is -2.51. The van der Waals surface area contributed by atoms with Gasteiger partial charge < -0.3 is 14.2 Å². The molecular formula is C11H12N2O2. The molecule has 1 aliphatic rings. The van der Waals surface area contributed by atoms with Crippen molar-refractivity contribution in [2.75, 3.05) is 19.8 Å². The van der Waals surface area contributed by atoms with Crippen molar-refractivity contribution in [3.8, 4) is 0 Å². The number of pyridine rings is 1. The zero-order valence-electron chi connectivity index (χ0n) is 8.26. The van der Waals surface area contributed by atoms with E-state index in [1.807, 2.05) is 35.0 Å². The van der Waals surface area contributed by atoms with Crippen LogP contribution in [-0.2, 0) is 10.2 Å². The van der Waals surface area contributed by atoms with Crippen LogP contribution in [0, 0.1) is 0 Å². The van der Waals surface area contributed by atoms with Crippen LogP contribution >= 0.6 is 0 Å². The summed E-state index contributed by atoms with van der Waals surface area (Å²) in [5.74, 6) is 0.895. The number of imidazole rings is 1. The first-order chi connectivity index (χ1) is 7.36. The Balaban J connectivity index is 2.18. The first-order valence-electron chi connectivity index (χ1n) is 4.97. The van der Waals surface area contributed by atoms with Crippen molar-refractivity contribution in [2.24, 2.45) is 0 Å². The molecule has 2 aromatic heterocycles. The number of ether oxygens (including phenoxy) is 1. The van der Waals surface area contributed by atoms with Crippen LogP contribution in [0.1, 0.15) is 5.82 Å². The molecular weight excluding hydrogens is 192 g/mol. The highest BCUT2D eigenvalue weighted by Gasteiger charge is 2.43. The third-order valence-corrected chi connectivity index (χ3v) is 2.97. The van der Waals surface area contributed by atoms with E-state index in [9.17, 15) is 5.11 Å². The summed E-state index contributed by atoms with van der Waals surface area (Å²) in [6.45, 7) is 1.19. The van der Waals surface area contributed by atoms with Crippen LogP contribution in [0.5, 0.6) is 0 Å². The second-order valence-electron chi connectivity index (χ2n) is 4.01. The minimum atomic E-state index is -0.298. The van der Waals surface area contributed by atoms with Gasteiger partial charge in [0.1, 0.15) is 5.82 Å². The van der Waals surface area contributed by atoms with Gasteiger partial charge in [0.25, 0.3) is 0 Å². The highest BCUT2D eigenvalue weighted by Crippen LogP contribution is 2.31. The normalized spacial score (nSPS) is 19.0. The van der Waals surface area contributed by atoms with Crippen LogP contribution in [0.25, 0.3) is 5.52 Å². The van der Waals surface area contributed by atoms with E-state index in [0.29, 0.717) is 13.2 Å². The van der Waals surface area contributed by atoms with Crippen molar-refractivity contribution in [1.29, 1.82) is 0 Å². The van der Waals surface area contributed by atoms with Gasteiger partial charge in [-0.15, -0.1) is 0 Å². The Hall–Kier alpha value is -1.39. The van der Waals surface area contributed by atoms with Gasteiger partial charge in [0.05, 0.1) is 36.9 Å². The van der Waals surface area contributed by atoms with E-state index in [1.165, 1.54) is 0 Å². The molecule has 0 radical (unpaired) electrons. The highest BCUT2D eigenvalue weighted by molar-refractivity contribution is 5.46. The molecule has 0 aromatic carbocycles. The number of hydrogen-bond donors (Lipinski definition) is 1. The summed E-state index contributed by atoms with van der Waals surface area (Å²) in [5.41, 5.74) is 0.751. The van der Waals surface area contributed by atoms with Crippen molar-refractivity contribution in [3.05, 3.63) is 36.4 Å². The molecule has 0 aliphatic carbocycles. The van der Waals surface area contributed by atoms with Crippen molar-refractivity contribution in [3.63, 3.8) is 0 Å². The maximum absolute atomic E-state index is 9.43. The van der Waals surface area contributed by atoms with Crippen LogP contribution < -0.4 is 0 Å². The molecule has 0 atom stereocenters. The Bertz CT molecular complexity index is 483. The smallest absolute Gasteiger partial charge is 0.126 e. The van der Waals surface area contributed by atoms with E-state index in [0.717, 1.165) is 11.3 Å². The predicted molar refractivity (Wildman–Crippen MR) is 54.8 cm³/mol. The fourth-order valence-electron chi connectivity index (χ4n) is 1.98. The molecule has 3 rings (SSSR count). The second-order valence-corrected chi connectivity index (χ2v) is 4.01. The van der Waals surface area contributed by atoms with Crippen LogP contribution in [0.15, 0.2) is 30.6 Å². The van der Waals surface area contributed by atoms with Gasteiger partial charge in [-0.1, -0.05) is 6.07 Å². The van der Waals surface area contributed by atoms with Gasteiger partial charge in [0.15, 0.2) is 0 Å². The number of hydrogen-bond acceptors (Lipinski definition) is 3. The molecule has 0 spiro atoms. The summed E-state index contributed by atoms with van der Waals surface area (Å²) in [4.78, 5) is 4.38. The third kappa shape index (κ3) is 1.12. The maximum atomic E-state index is 9.43. The summed E-state index contributed by atoms with van der Waals surface area (Å²) in [6.07, 6.45) is 3.79. The number of rotatable bonds is 2. The fraction of sp³-hybridized carbons (Fsp3) is 0.364. The second kappa shape index (κ2) is 3.05. The van der Waals surface area contributed by atoms with E-state index in [2.05, 4.69) is 4.98 Å². The van der Waals surface area contributed by atoms with Crippen LogP contribution in [-0.4, -0.2) is 34.3 Å². The van der Waals surface area contributed by atoms with Crippen molar-refractivity contribution in [2.45, 2.75) is 5.41 Å². The quantitative estimate of drug-likeness (QED) is 0.779. The molecule has 0 amide bonds. The summed E-state index contributed by atoms with van der Waals surface area (Å²) < 4.78 is 7.20. The zero-order chi connectivity index (χ0) is 10.3. The topological polar surface area (TPSA) is 46.8 Å². The lowest BCUT2D eigenvalue weighted by molar-refractivity contribution is -0.0886.